The summed E-state index contributed by atoms with van der Waals surface area (Å²) in [5.41, 5.74) is 2.74. The predicted octanol–water partition coefficient (Wildman–Crippen LogP) is 4.49. The topological polar surface area (TPSA) is 60.7 Å². The van der Waals surface area contributed by atoms with Gasteiger partial charge in [0.1, 0.15) is 0 Å². The number of carbonyl (C=O) groups excluding carboxylic acids is 2. The van der Waals surface area contributed by atoms with Crippen molar-refractivity contribution >= 4 is 33.4 Å². The highest BCUT2D eigenvalue weighted by atomic mass is 32.1. The number of thiazole rings is 1. The summed E-state index contributed by atoms with van der Waals surface area (Å²) in [4.78, 5) is 29.2. The fourth-order valence-electron chi connectivity index (χ4n) is 2.94. The number of ether oxygens (including phenoxy) is 1. The summed E-state index contributed by atoms with van der Waals surface area (Å²) < 4.78 is 8.13. The zero-order valence-electron chi connectivity index (χ0n) is 16.2. The molecule has 1 heterocycles. The molecule has 3 rings (SSSR count). The third kappa shape index (κ3) is 4.95. The molecule has 146 valence electrons. The van der Waals surface area contributed by atoms with E-state index in [1.165, 1.54) is 11.3 Å². The third-order valence-corrected chi connectivity index (χ3v) is 5.46. The van der Waals surface area contributed by atoms with Crippen LogP contribution in [0.25, 0.3) is 10.2 Å². The number of rotatable bonds is 7. The van der Waals surface area contributed by atoms with Crippen molar-refractivity contribution in [3.63, 3.8) is 0 Å². The molecule has 0 fully saturated rings. The average molecular weight is 397 g/mol. The molecular formula is C22H24N2O3S. The molecule has 0 aliphatic rings. The monoisotopic (exact) mass is 396 g/mol. The Bertz CT molecular complexity index is 1030. The molecule has 0 N–H and O–H groups in total. The van der Waals surface area contributed by atoms with Crippen LogP contribution >= 0.6 is 11.3 Å². The summed E-state index contributed by atoms with van der Waals surface area (Å²) in [6.07, 6.45) is 1.96. The Balaban J connectivity index is 1.83. The molecule has 0 aliphatic heterocycles. The number of para-hydroxylation sites is 1. The summed E-state index contributed by atoms with van der Waals surface area (Å²) in [6, 6.07) is 15.5. The molecule has 0 saturated carbocycles. The second-order valence-electron chi connectivity index (χ2n) is 6.55. The third-order valence-electron chi connectivity index (χ3n) is 4.40. The molecule has 6 heteroatoms. The van der Waals surface area contributed by atoms with Crippen molar-refractivity contribution < 1.29 is 14.3 Å². The Morgan fingerprint density at radius 3 is 2.57 bits per heavy atom. The lowest BCUT2D eigenvalue weighted by molar-refractivity contribution is -0.143. The minimum atomic E-state index is -0.244. The van der Waals surface area contributed by atoms with Gasteiger partial charge in [-0.1, -0.05) is 41.2 Å². The van der Waals surface area contributed by atoms with E-state index in [1.54, 1.807) is 12.1 Å². The Morgan fingerprint density at radius 2 is 1.82 bits per heavy atom. The van der Waals surface area contributed by atoms with E-state index in [0.717, 1.165) is 28.6 Å². The SMILES string of the molecule is CCOC(=O)CCCCn1c(=NC(=O)c2ccc(C)cc2)sc2ccccc21. The number of aromatic nitrogens is 1. The maximum atomic E-state index is 12.6. The summed E-state index contributed by atoms with van der Waals surface area (Å²) in [7, 11) is 0. The van der Waals surface area contributed by atoms with E-state index in [0.29, 0.717) is 29.9 Å². The zero-order chi connectivity index (χ0) is 19.9. The highest BCUT2D eigenvalue weighted by Crippen LogP contribution is 2.18. The number of unbranched alkanes of at least 4 members (excludes halogenated alkanes) is 1. The zero-order valence-corrected chi connectivity index (χ0v) is 17.0. The quantitative estimate of drug-likeness (QED) is 0.437. The van der Waals surface area contributed by atoms with Crippen molar-refractivity contribution in [2.45, 2.75) is 39.7 Å². The molecule has 3 aromatic rings. The van der Waals surface area contributed by atoms with E-state index >= 15 is 0 Å². The van der Waals surface area contributed by atoms with Crippen LogP contribution < -0.4 is 4.80 Å². The smallest absolute Gasteiger partial charge is 0.305 e. The van der Waals surface area contributed by atoms with Gasteiger partial charge in [0.25, 0.3) is 5.91 Å². The molecule has 1 aromatic heterocycles. The van der Waals surface area contributed by atoms with Gasteiger partial charge in [-0.15, -0.1) is 0 Å². The van der Waals surface area contributed by atoms with Gasteiger partial charge in [0.05, 0.1) is 16.8 Å². The van der Waals surface area contributed by atoms with Crippen LogP contribution in [0.4, 0.5) is 0 Å². The van der Waals surface area contributed by atoms with Gasteiger partial charge < -0.3 is 9.30 Å². The van der Waals surface area contributed by atoms with Crippen LogP contribution in [-0.4, -0.2) is 23.1 Å². The van der Waals surface area contributed by atoms with Crippen LogP contribution in [0.1, 0.15) is 42.1 Å². The van der Waals surface area contributed by atoms with Crippen LogP contribution in [0, 0.1) is 6.92 Å². The second kappa shape index (κ2) is 9.46. The van der Waals surface area contributed by atoms with Gasteiger partial charge in [-0.2, -0.15) is 4.99 Å². The first-order valence-corrected chi connectivity index (χ1v) is 10.3. The van der Waals surface area contributed by atoms with Gasteiger partial charge in [0.15, 0.2) is 4.80 Å². The van der Waals surface area contributed by atoms with Crippen LogP contribution in [0.3, 0.4) is 0 Å². The molecule has 0 spiro atoms. The minimum Gasteiger partial charge on any atom is -0.466 e. The molecule has 2 aromatic carbocycles. The Kier molecular flexibility index (Phi) is 6.76. The Hall–Kier alpha value is -2.73. The van der Waals surface area contributed by atoms with Gasteiger partial charge in [-0.3, -0.25) is 9.59 Å². The molecule has 0 unspecified atom stereocenters. The maximum absolute atomic E-state index is 12.6. The fourth-order valence-corrected chi connectivity index (χ4v) is 4.00. The molecule has 0 atom stereocenters. The first-order valence-electron chi connectivity index (χ1n) is 9.48. The first-order chi connectivity index (χ1) is 13.6. The lowest BCUT2D eigenvalue weighted by Gasteiger charge is -2.05. The van der Waals surface area contributed by atoms with Crippen molar-refractivity contribution in [1.82, 2.24) is 4.57 Å². The van der Waals surface area contributed by atoms with Gasteiger partial charge in [0, 0.05) is 18.5 Å². The number of hydrogen-bond acceptors (Lipinski definition) is 4. The molecule has 28 heavy (non-hydrogen) atoms. The maximum Gasteiger partial charge on any atom is 0.305 e. The van der Waals surface area contributed by atoms with Gasteiger partial charge in [-0.25, -0.2) is 0 Å². The second-order valence-corrected chi connectivity index (χ2v) is 7.56. The standard InChI is InChI=1S/C22H24N2O3S/c1-3-27-20(25)10-6-7-15-24-18-8-4-5-9-19(18)28-22(24)23-21(26)17-13-11-16(2)12-14-17/h4-5,8-9,11-14H,3,6-7,10,15H2,1-2H3. The van der Waals surface area contributed by atoms with E-state index in [-0.39, 0.29) is 11.9 Å². The molecule has 0 bridgehead atoms. The number of aryl methyl sites for hydroxylation is 2. The molecule has 0 radical (unpaired) electrons. The molecule has 1 amide bonds. The van der Waals surface area contributed by atoms with Crippen molar-refractivity contribution in [1.29, 1.82) is 0 Å². The van der Waals surface area contributed by atoms with E-state index in [2.05, 4.69) is 9.56 Å². The van der Waals surface area contributed by atoms with Crippen LogP contribution in [0.15, 0.2) is 53.5 Å². The fraction of sp³-hybridized carbons (Fsp3) is 0.318. The number of nitrogens with zero attached hydrogens (tertiary/aromatic N) is 2. The van der Waals surface area contributed by atoms with Crippen molar-refractivity contribution in [2.24, 2.45) is 4.99 Å². The van der Waals surface area contributed by atoms with Crippen LogP contribution in [0.2, 0.25) is 0 Å². The highest BCUT2D eigenvalue weighted by Gasteiger charge is 2.09. The number of hydrogen-bond donors (Lipinski definition) is 0. The van der Waals surface area contributed by atoms with Crippen molar-refractivity contribution in [3.8, 4) is 0 Å². The number of amides is 1. The normalized spacial score (nSPS) is 11.7. The molecule has 5 nitrogen and oxygen atoms in total. The minimum absolute atomic E-state index is 0.165. The Morgan fingerprint density at radius 1 is 1.07 bits per heavy atom. The van der Waals surface area contributed by atoms with E-state index < -0.39 is 0 Å². The number of fused-ring (bicyclic) bond motifs is 1. The van der Waals surface area contributed by atoms with Gasteiger partial charge in [-0.05, 0) is 51.0 Å². The first kappa shape index (κ1) is 20.0. The lowest BCUT2D eigenvalue weighted by Crippen LogP contribution is -2.17. The molecule has 0 saturated heterocycles. The number of carbonyl (C=O) groups is 2. The van der Waals surface area contributed by atoms with Crippen LogP contribution in [0.5, 0.6) is 0 Å². The van der Waals surface area contributed by atoms with Crippen molar-refractivity contribution in [3.05, 3.63) is 64.5 Å². The lowest BCUT2D eigenvalue weighted by atomic mass is 10.1. The number of esters is 1. The largest absolute Gasteiger partial charge is 0.466 e. The van der Waals surface area contributed by atoms with Gasteiger partial charge >= 0.3 is 5.97 Å². The van der Waals surface area contributed by atoms with Gasteiger partial charge in [0.2, 0.25) is 0 Å². The highest BCUT2D eigenvalue weighted by molar-refractivity contribution is 7.16. The van der Waals surface area contributed by atoms with E-state index in [4.69, 9.17) is 4.74 Å². The summed E-state index contributed by atoms with van der Waals surface area (Å²) in [5, 5.41) is 0. The molecular weight excluding hydrogens is 372 g/mol. The average Bonchev–Trinajstić information content (AvgIpc) is 3.03. The van der Waals surface area contributed by atoms with Crippen LogP contribution in [-0.2, 0) is 16.1 Å². The summed E-state index contributed by atoms with van der Waals surface area (Å²) in [5.74, 6) is -0.408. The number of benzene rings is 2. The summed E-state index contributed by atoms with van der Waals surface area (Å²) >= 11 is 1.51. The summed E-state index contributed by atoms with van der Waals surface area (Å²) in [6.45, 7) is 4.90. The van der Waals surface area contributed by atoms with E-state index in [1.807, 2.05) is 50.2 Å². The predicted molar refractivity (Wildman–Crippen MR) is 111 cm³/mol. The Labute approximate surface area is 168 Å². The van der Waals surface area contributed by atoms with E-state index in [9.17, 15) is 9.59 Å². The van der Waals surface area contributed by atoms with Crippen molar-refractivity contribution in [2.75, 3.05) is 6.61 Å². The molecule has 0 aliphatic carbocycles.